The van der Waals surface area contributed by atoms with Crippen molar-refractivity contribution < 1.29 is 4.79 Å². The van der Waals surface area contributed by atoms with Crippen LogP contribution in [0.4, 0.5) is 0 Å². The molecule has 1 N–H and O–H groups in total. The summed E-state index contributed by atoms with van der Waals surface area (Å²) in [5.74, 6) is 0.663. The molecule has 0 atom stereocenters. The van der Waals surface area contributed by atoms with Crippen LogP contribution < -0.4 is 0 Å². The van der Waals surface area contributed by atoms with Crippen LogP contribution in [0.3, 0.4) is 0 Å². The molecule has 0 amide bonds. The zero-order chi connectivity index (χ0) is 22.8. The quantitative estimate of drug-likeness (QED) is 0.378. The molecule has 33 heavy (non-hydrogen) atoms. The largest absolute Gasteiger partial charge is 0.339 e. The van der Waals surface area contributed by atoms with Crippen molar-refractivity contribution in [2.75, 3.05) is 20.1 Å². The Balaban J connectivity index is 1.55. The molecule has 1 aliphatic heterocycles. The lowest BCUT2D eigenvalue weighted by Gasteiger charge is -2.29. The van der Waals surface area contributed by atoms with Crippen LogP contribution in [0, 0.1) is 0 Å². The molecule has 0 unspecified atom stereocenters. The van der Waals surface area contributed by atoms with Gasteiger partial charge in [-0.1, -0.05) is 55.1 Å². The smallest absolute Gasteiger partial charge is 0.159 e. The summed E-state index contributed by atoms with van der Waals surface area (Å²) in [7, 11) is 2.20. The highest BCUT2D eigenvalue weighted by molar-refractivity contribution is 6.02. The van der Waals surface area contributed by atoms with E-state index in [-0.39, 0.29) is 5.78 Å². The van der Waals surface area contributed by atoms with Crippen molar-refractivity contribution in [1.29, 1.82) is 0 Å². The number of pyridine rings is 1. The summed E-state index contributed by atoms with van der Waals surface area (Å²) in [5, 5.41) is 1.08. The molecule has 0 saturated carbocycles. The molecular formula is C29H29N3O. The van der Waals surface area contributed by atoms with E-state index in [1.54, 1.807) is 0 Å². The summed E-state index contributed by atoms with van der Waals surface area (Å²) in [6.45, 7) is 5.93. The number of carbonyl (C=O) groups excluding carboxylic acids is 1. The second-order valence-electron chi connectivity index (χ2n) is 9.02. The molecule has 0 aliphatic carbocycles. The van der Waals surface area contributed by atoms with E-state index >= 15 is 0 Å². The first-order valence-corrected chi connectivity index (χ1v) is 11.6. The second-order valence-corrected chi connectivity index (χ2v) is 9.02. The van der Waals surface area contributed by atoms with Crippen LogP contribution in [0.2, 0.25) is 0 Å². The van der Waals surface area contributed by atoms with Crippen molar-refractivity contribution in [3.63, 3.8) is 0 Å². The minimum absolute atomic E-state index is 0.0254. The number of benzene rings is 2. The van der Waals surface area contributed by atoms with Gasteiger partial charge in [-0.3, -0.25) is 4.79 Å². The Hall–Kier alpha value is -3.50. The number of allylic oxidation sites excluding steroid dienone is 1. The number of hydrogen-bond acceptors (Lipinski definition) is 3. The van der Waals surface area contributed by atoms with Gasteiger partial charge < -0.3 is 9.88 Å². The maximum absolute atomic E-state index is 11.9. The van der Waals surface area contributed by atoms with E-state index in [2.05, 4.69) is 71.0 Å². The molecule has 0 spiro atoms. The highest BCUT2D eigenvalue weighted by atomic mass is 16.1. The van der Waals surface area contributed by atoms with Gasteiger partial charge in [-0.2, -0.15) is 0 Å². The van der Waals surface area contributed by atoms with Crippen LogP contribution in [-0.4, -0.2) is 40.8 Å². The van der Waals surface area contributed by atoms with Crippen molar-refractivity contribution in [3.8, 4) is 22.4 Å². The van der Waals surface area contributed by atoms with E-state index in [1.165, 1.54) is 24.5 Å². The lowest BCUT2D eigenvalue weighted by molar-refractivity contribution is -0.114. The number of nitrogens with zero attached hydrogens (tertiary/aromatic N) is 2. The number of fused-ring (bicyclic) bond motifs is 1. The summed E-state index contributed by atoms with van der Waals surface area (Å²) in [4.78, 5) is 22.5. The molecule has 1 aliphatic rings. The normalized spacial score (nSPS) is 15.1. The Morgan fingerprint density at radius 1 is 1.09 bits per heavy atom. The van der Waals surface area contributed by atoms with Crippen LogP contribution in [0.1, 0.15) is 29.9 Å². The van der Waals surface area contributed by atoms with Crippen LogP contribution >= 0.6 is 0 Å². The van der Waals surface area contributed by atoms with Gasteiger partial charge in [-0.05, 0) is 79.4 Å². The number of likely N-dealkylation sites (tertiary alicyclic amines) is 1. The summed E-state index contributed by atoms with van der Waals surface area (Å²) in [6, 6.07) is 21.3. The van der Waals surface area contributed by atoms with Gasteiger partial charge in [0.2, 0.25) is 0 Å². The average Bonchev–Trinajstić information content (AvgIpc) is 3.24. The highest BCUT2D eigenvalue weighted by Gasteiger charge is 2.20. The van der Waals surface area contributed by atoms with Gasteiger partial charge in [0.15, 0.2) is 5.78 Å². The third-order valence-corrected chi connectivity index (χ3v) is 6.78. The number of carbonyl (C=O) groups is 1. The van der Waals surface area contributed by atoms with Gasteiger partial charge in [0.25, 0.3) is 0 Å². The maximum Gasteiger partial charge on any atom is 0.159 e. The SMILES string of the molecule is C=CC(=O)Cc1cccc(-c2c(-c3ccc(C4CCN(C)CC4)cc3)[nH]c3ncccc23)c1. The Labute approximate surface area is 195 Å². The van der Waals surface area contributed by atoms with E-state index in [0.29, 0.717) is 12.3 Å². The van der Waals surface area contributed by atoms with Crippen LogP contribution in [0.25, 0.3) is 33.4 Å². The monoisotopic (exact) mass is 435 g/mol. The van der Waals surface area contributed by atoms with E-state index < -0.39 is 0 Å². The summed E-state index contributed by atoms with van der Waals surface area (Å²) >= 11 is 0. The molecule has 0 bridgehead atoms. The van der Waals surface area contributed by atoms with Crippen LogP contribution in [0.5, 0.6) is 0 Å². The average molecular weight is 436 g/mol. The highest BCUT2D eigenvalue weighted by Crippen LogP contribution is 2.39. The van der Waals surface area contributed by atoms with Crippen LogP contribution in [0.15, 0.2) is 79.5 Å². The summed E-state index contributed by atoms with van der Waals surface area (Å²) in [6.07, 6.45) is 5.99. The van der Waals surface area contributed by atoms with Gasteiger partial charge in [0, 0.05) is 23.6 Å². The zero-order valence-corrected chi connectivity index (χ0v) is 19.1. The van der Waals surface area contributed by atoms with Gasteiger partial charge >= 0.3 is 0 Å². The van der Waals surface area contributed by atoms with Crippen molar-refractivity contribution in [2.45, 2.75) is 25.2 Å². The molecule has 5 rings (SSSR count). The molecule has 3 heterocycles. The number of hydrogen-bond donors (Lipinski definition) is 1. The van der Waals surface area contributed by atoms with E-state index in [9.17, 15) is 4.79 Å². The molecule has 166 valence electrons. The third-order valence-electron chi connectivity index (χ3n) is 6.78. The van der Waals surface area contributed by atoms with Crippen molar-refractivity contribution in [2.24, 2.45) is 0 Å². The topological polar surface area (TPSA) is 49.0 Å². The third kappa shape index (κ3) is 4.39. The first kappa shape index (κ1) is 21.4. The fourth-order valence-electron chi connectivity index (χ4n) is 4.91. The molecule has 0 radical (unpaired) electrons. The van der Waals surface area contributed by atoms with Crippen molar-refractivity contribution >= 4 is 16.8 Å². The molecule has 1 saturated heterocycles. The standard InChI is InChI=1S/C29H29N3O/c1-3-25(33)19-20-6-4-7-24(18-20)27-26-8-5-15-30-29(26)31-28(27)23-11-9-21(10-12-23)22-13-16-32(2)17-14-22/h3-12,15,18,22H,1,13-14,16-17,19H2,2H3,(H,30,31). The van der Waals surface area contributed by atoms with E-state index in [0.717, 1.165) is 52.1 Å². The second kappa shape index (κ2) is 9.16. The number of piperidine rings is 1. The Bertz CT molecular complexity index is 1290. The minimum atomic E-state index is 0.0254. The summed E-state index contributed by atoms with van der Waals surface area (Å²) in [5.41, 5.74) is 7.69. The first-order valence-electron chi connectivity index (χ1n) is 11.6. The number of H-pyrrole nitrogens is 1. The van der Waals surface area contributed by atoms with Gasteiger partial charge in [-0.25, -0.2) is 4.98 Å². The molecule has 2 aromatic carbocycles. The fraction of sp³-hybridized carbons (Fsp3) is 0.241. The number of aromatic amines is 1. The number of aromatic nitrogens is 2. The van der Waals surface area contributed by atoms with Gasteiger partial charge in [0.1, 0.15) is 5.65 Å². The number of rotatable bonds is 6. The van der Waals surface area contributed by atoms with Gasteiger partial charge in [-0.15, -0.1) is 0 Å². The zero-order valence-electron chi connectivity index (χ0n) is 19.1. The molecule has 1 fully saturated rings. The molecule has 4 heteroatoms. The molecule has 4 aromatic rings. The van der Waals surface area contributed by atoms with Crippen LogP contribution in [-0.2, 0) is 11.2 Å². The summed E-state index contributed by atoms with van der Waals surface area (Å²) < 4.78 is 0. The van der Waals surface area contributed by atoms with Crippen molar-refractivity contribution in [1.82, 2.24) is 14.9 Å². The van der Waals surface area contributed by atoms with E-state index in [4.69, 9.17) is 0 Å². The number of ketones is 1. The minimum Gasteiger partial charge on any atom is -0.339 e. The van der Waals surface area contributed by atoms with Crippen molar-refractivity contribution in [3.05, 3.63) is 90.6 Å². The predicted molar refractivity (Wildman–Crippen MR) is 135 cm³/mol. The first-order chi connectivity index (χ1) is 16.1. The lowest BCUT2D eigenvalue weighted by atomic mass is 9.88. The van der Waals surface area contributed by atoms with E-state index in [1.807, 2.05) is 24.4 Å². The molecule has 2 aromatic heterocycles. The Morgan fingerprint density at radius 3 is 2.64 bits per heavy atom. The lowest BCUT2D eigenvalue weighted by Crippen LogP contribution is -2.29. The Morgan fingerprint density at radius 2 is 1.88 bits per heavy atom. The fourth-order valence-corrected chi connectivity index (χ4v) is 4.91. The number of nitrogens with one attached hydrogen (secondary N) is 1. The maximum atomic E-state index is 11.9. The molecular weight excluding hydrogens is 406 g/mol. The Kier molecular flexibility index (Phi) is 5.93. The van der Waals surface area contributed by atoms with Gasteiger partial charge in [0.05, 0.1) is 5.69 Å². The predicted octanol–water partition coefficient (Wildman–Crippen LogP) is 6.00. The molecule has 4 nitrogen and oxygen atoms in total.